The van der Waals surface area contributed by atoms with Gasteiger partial charge in [0.05, 0.1) is 39.8 Å². The van der Waals surface area contributed by atoms with E-state index in [-0.39, 0.29) is 23.1 Å². The summed E-state index contributed by atoms with van der Waals surface area (Å²) in [6, 6.07) is 16.3. The van der Waals surface area contributed by atoms with Gasteiger partial charge in [-0.25, -0.2) is 18.1 Å². The summed E-state index contributed by atoms with van der Waals surface area (Å²) in [4.78, 5) is 18.0. The van der Waals surface area contributed by atoms with Gasteiger partial charge >= 0.3 is 0 Å². The average Bonchev–Trinajstić information content (AvgIpc) is 3.30. The van der Waals surface area contributed by atoms with Crippen LogP contribution < -0.4 is 5.56 Å². The molecule has 1 fully saturated rings. The van der Waals surface area contributed by atoms with E-state index in [4.69, 9.17) is 16.6 Å². The van der Waals surface area contributed by atoms with Crippen molar-refractivity contribution in [2.45, 2.75) is 19.4 Å². The highest BCUT2D eigenvalue weighted by Crippen LogP contribution is 2.31. The first-order valence-corrected chi connectivity index (χ1v) is 12.7. The van der Waals surface area contributed by atoms with Crippen molar-refractivity contribution in [1.29, 1.82) is 0 Å². The topological polar surface area (TPSA) is 86.8 Å². The molecule has 1 saturated heterocycles. The molecule has 1 aliphatic heterocycles. The molecule has 3 heterocycles. The fourth-order valence-electron chi connectivity index (χ4n) is 4.18. The molecule has 0 N–H and O–H groups in total. The number of benzene rings is 2. The van der Waals surface area contributed by atoms with E-state index in [1.54, 1.807) is 33.5 Å². The van der Waals surface area contributed by atoms with E-state index in [1.165, 1.54) is 0 Å². The van der Waals surface area contributed by atoms with Crippen LogP contribution in [0.1, 0.15) is 29.5 Å². The summed E-state index contributed by atoms with van der Waals surface area (Å²) >= 11 is 6.62. The molecular weight excluding hydrogens is 460 g/mol. The Morgan fingerprint density at radius 3 is 2.52 bits per heavy atom. The number of rotatable bonds is 4. The Bertz CT molecular complexity index is 1560. The molecule has 5 rings (SSSR count). The van der Waals surface area contributed by atoms with E-state index in [0.717, 1.165) is 0 Å². The van der Waals surface area contributed by atoms with Crippen LogP contribution in [0, 0.1) is 6.92 Å². The number of sulfone groups is 1. The van der Waals surface area contributed by atoms with Crippen LogP contribution in [0.4, 0.5) is 0 Å². The van der Waals surface area contributed by atoms with Gasteiger partial charge in [0.15, 0.2) is 9.84 Å². The fourth-order valence-corrected chi connectivity index (χ4v) is 6.25. The van der Waals surface area contributed by atoms with Gasteiger partial charge in [-0.15, -0.1) is 0 Å². The minimum Gasteiger partial charge on any atom is -0.268 e. The van der Waals surface area contributed by atoms with Crippen molar-refractivity contribution in [3.8, 4) is 5.69 Å². The van der Waals surface area contributed by atoms with Gasteiger partial charge < -0.3 is 0 Å². The molecule has 0 unspecified atom stereocenters. The molecule has 2 aromatic carbocycles. The van der Waals surface area contributed by atoms with Gasteiger partial charge in [0.2, 0.25) is 0 Å². The third-order valence-electron chi connectivity index (χ3n) is 5.84. The summed E-state index contributed by atoms with van der Waals surface area (Å²) in [6.07, 6.45) is 4.01. The van der Waals surface area contributed by atoms with E-state index < -0.39 is 9.84 Å². The molecule has 2 aromatic heterocycles. The maximum absolute atomic E-state index is 13.3. The van der Waals surface area contributed by atoms with Gasteiger partial charge in [0, 0.05) is 5.56 Å². The fraction of sp³-hybridized carbons (Fsp3) is 0.208. The third kappa shape index (κ3) is 4.00. The third-order valence-corrected chi connectivity index (χ3v) is 7.97. The maximum Gasteiger partial charge on any atom is 0.266 e. The predicted octanol–water partition coefficient (Wildman–Crippen LogP) is 4.07. The number of aromatic nitrogens is 4. The molecule has 0 amide bonds. The van der Waals surface area contributed by atoms with Crippen molar-refractivity contribution in [1.82, 2.24) is 19.3 Å². The lowest BCUT2D eigenvalue weighted by Gasteiger charge is -2.11. The van der Waals surface area contributed by atoms with Crippen LogP contribution in [-0.2, 0) is 9.84 Å². The molecule has 0 radical (unpaired) electrons. The lowest BCUT2D eigenvalue weighted by atomic mass is 10.2. The summed E-state index contributed by atoms with van der Waals surface area (Å²) < 4.78 is 27.0. The van der Waals surface area contributed by atoms with Crippen LogP contribution in [0.2, 0.25) is 5.15 Å². The van der Waals surface area contributed by atoms with Crippen molar-refractivity contribution >= 4 is 44.5 Å². The minimum atomic E-state index is -3.07. The van der Waals surface area contributed by atoms with Gasteiger partial charge in [-0.3, -0.25) is 9.36 Å². The Hall–Kier alpha value is -3.23. The van der Waals surface area contributed by atoms with Crippen LogP contribution >= 0.6 is 11.6 Å². The van der Waals surface area contributed by atoms with Gasteiger partial charge in [0.25, 0.3) is 5.56 Å². The van der Waals surface area contributed by atoms with E-state index in [9.17, 15) is 13.2 Å². The quantitative estimate of drug-likeness (QED) is 0.439. The molecule has 4 aromatic rings. The summed E-state index contributed by atoms with van der Waals surface area (Å²) in [5, 5.41) is 5.40. The van der Waals surface area contributed by atoms with Crippen molar-refractivity contribution in [3.63, 3.8) is 0 Å². The number of fused-ring (bicyclic) bond motifs is 1. The molecule has 7 nitrogen and oxygen atoms in total. The van der Waals surface area contributed by atoms with Crippen LogP contribution in [0.15, 0.2) is 59.4 Å². The van der Waals surface area contributed by atoms with Gasteiger partial charge in [-0.05, 0) is 49.8 Å². The summed E-state index contributed by atoms with van der Waals surface area (Å²) in [5.74, 6) is 0.635. The second-order valence-corrected chi connectivity index (χ2v) is 10.7. The number of hydrogen-bond acceptors (Lipinski definition) is 5. The smallest absolute Gasteiger partial charge is 0.266 e. The molecule has 0 aliphatic carbocycles. The van der Waals surface area contributed by atoms with E-state index in [0.29, 0.717) is 45.2 Å². The Labute approximate surface area is 195 Å². The van der Waals surface area contributed by atoms with E-state index in [1.807, 2.05) is 49.4 Å². The Morgan fingerprint density at radius 1 is 1.06 bits per heavy atom. The first-order chi connectivity index (χ1) is 15.8. The second kappa shape index (κ2) is 8.28. The summed E-state index contributed by atoms with van der Waals surface area (Å²) in [6.45, 7) is 1.82. The zero-order valence-electron chi connectivity index (χ0n) is 17.8. The van der Waals surface area contributed by atoms with Crippen LogP contribution in [0.3, 0.4) is 0 Å². The molecular formula is C24H21ClN4O3S. The van der Waals surface area contributed by atoms with Crippen molar-refractivity contribution in [2.75, 3.05) is 11.5 Å². The number of nitrogens with zero attached hydrogens (tertiary/aromatic N) is 4. The highest BCUT2D eigenvalue weighted by Gasteiger charge is 2.31. The zero-order chi connectivity index (χ0) is 23.2. The summed E-state index contributed by atoms with van der Waals surface area (Å²) in [7, 11) is -3.07. The molecule has 168 valence electrons. The number of hydrogen-bond donors (Lipinski definition) is 0. The van der Waals surface area contributed by atoms with E-state index >= 15 is 0 Å². The van der Waals surface area contributed by atoms with Gasteiger partial charge in [-0.2, -0.15) is 5.10 Å². The Kier molecular flexibility index (Phi) is 5.42. The van der Waals surface area contributed by atoms with Crippen LogP contribution in [0.25, 0.3) is 28.7 Å². The number of aryl methyl sites for hydroxylation is 1. The highest BCUT2D eigenvalue weighted by molar-refractivity contribution is 7.91. The van der Waals surface area contributed by atoms with Gasteiger partial charge in [-0.1, -0.05) is 41.9 Å². The standard InChI is InChI=1S/C24H21ClN4O3S/c1-16-19(23(25)29(27-16)18-13-14-33(31,32)15-18)11-12-22-26-21-10-6-5-9-20(21)24(30)28(22)17-7-3-2-4-8-17/h2-12,18H,13-15H2,1H3/b12-11+/t18-/m1/s1. The maximum atomic E-state index is 13.3. The first kappa shape index (κ1) is 21.6. The highest BCUT2D eigenvalue weighted by atomic mass is 35.5. The Balaban J connectivity index is 1.62. The summed E-state index contributed by atoms with van der Waals surface area (Å²) in [5.41, 5.74) is 2.48. The van der Waals surface area contributed by atoms with Crippen LogP contribution in [-0.4, -0.2) is 39.3 Å². The van der Waals surface area contributed by atoms with Gasteiger partial charge in [0.1, 0.15) is 11.0 Å². The molecule has 33 heavy (non-hydrogen) atoms. The largest absolute Gasteiger partial charge is 0.268 e. The SMILES string of the molecule is Cc1nn([C@@H]2CCS(=O)(=O)C2)c(Cl)c1/C=C/c1nc2ccccc2c(=O)n1-c1ccccc1. The average molecular weight is 481 g/mol. The second-order valence-electron chi connectivity index (χ2n) is 8.09. The molecule has 1 atom stereocenters. The lowest BCUT2D eigenvalue weighted by molar-refractivity contribution is 0.497. The first-order valence-electron chi connectivity index (χ1n) is 10.5. The van der Waals surface area contributed by atoms with Crippen LogP contribution in [0.5, 0.6) is 0 Å². The molecule has 0 saturated carbocycles. The van der Waals surface area contributed by atoms with Crippen molar-refractivity contribution in [2.24, 2.45) is 0 Å². The van der Waals surface area contributed by atoms with Crippen molar-refractivity contribution < 1.29 is 8.42 Å². The molecule has 9 heteroatoms. The van der Waals surface area contributed by atoms with Crippen molar-refractivity contribution in [3.05, 3.63) is 87.2 Å². The number of halogens is 1. The molecule has 1 aliphatic rings. The predicted molar refractivity (Wildman–Crippen MR) is 131 cm³/mol. The Morgan fingerprint density at radius 2 is 1.79 bits per heavy atom. The monoisotopic (exact) mass is 480 g/mol. The number of para-hydroxylation sites is 2. The molecule has 0 spiro atoms. The van der Waals surface area contributed by atoms with E-state index in [2.05, 4.69) is 5.10 Å². The normalized spacial score (nSPS) is 17.8. The lowest BCUT2D eigenvalue weighted by Crippen LogP contribution is -2.22. The molecule has 0 bridgehead atoms. The zero-order valence-corrected chi connectivity index (χ0v) is 19.4. The minimum absolute atomic E-state index is 0.0385.